The zero-order chi connectivity index (χ0) is 30.1. The average Bonchev–Trinajstić information content (AvgIpc) is 3.41. The molecule has 7 nitrogen and oxygen atoms in total. The molecule has 42 heavy (non-hydrogen) atoms. The summed E-state index contributed by atoms with van der Waals surface area (Å²) in [6, 6.07) is 24.4. The van der Waals surface area contributed by atoms with Gasteiger partial charge in [0.1, 0.15) is 0 Å². The van der Waals surface area contributed by atoms with Crippen LogP contribution in [0.3, 0.4) is 0 Å². The number of rotatable bonds is 15. The highest BCUT2D eigenvalue weighted by molar-refractivity contribution is 7.89. The summed E-state index contributed by atoms with van der Waals surface area (Å²) in [5.74, 6) is -0.0422. The van der Waals surface area contributed by atoms with Crippen molar-refractivity contribution in [3.63, 3.8) is 0 Å². The molecule has 9 heteroatoms. The van der Waals surface area contributed by atoms with Crippen LogP contribution in [0.2, 0.25) is 5.02 Å². The van der Waals surface area contributed by atoms with Gasteiger partial charge in [-0.15, -0.1) is 0 Å². The van der Waals surface area contributed by atoms with Crippen LogP contribution < -0.4 is 0 Å². The number of ether oxygens (including phenoxy) is 1. The van der Waals surface area contributed by atoms with Crippen LogP contribution in [0.1, 0.15) is 38.4 Å². The van der Waals surface area contributed by atoms with E-state index >= 15 is 0 Å². The topological polar surface area (TPSA) is 71.8 Å². The van der Waals surface area contributed by atoms with E-state index in [0.29, 0.717) is 44.3 Å². The van der Waals surface area contributed by atoms with E-state index in [1.54, 1.807) is 23.1 Å². The van der Waals surface area contributed by atoms with Gasteiger partial charge in [-0.1, -0.05) is 74.0 Å². The Morgan fingerprint density at radius 1 is 0.976 bits per heavy atom. The summed E-state index contributed by atoms with van der Waals surface area (Å²) >= 11 is 6.41. The van der Waals surface area contributed by atoms with Crippen LogP contribution in [0.25, 0.3) is 10.8 Å². The Hall–Kier alpha value is -3.17. The fraction of sp³-hybridized carbons (Fsp3) is 0.364. The maximum atomic E-state index is 13.9. The van der Waals surface area contributed by atoms with E-state index in [2.05, 4.69) is 18.4 Å². The Kier molecular flexibility index (Phi) is 11.2. The Morgan fingerprint density at radius 3 is 2.45 bits per heavy atom. The molecule has 0 atom stereocenters. The summed E-state index contributed by atoms with van der Waals surface area (Å²) in [7, 11) is -3.94. The maximum absolute atomic E-state index is 13.9. The lowest BCUT2D eigenvalue weighted by molar-refractivity contribution is -0.132. The Morgan fingerprint density at radius 2 is 1.71 bits per heavy atom. The number of halogens is 1. The van der Waals surface area contributed by atoms with E-state index in [4.69, 9.17) is 16.3 Å². The summed E-state index contributed by atoms with van der Waals surface area (Å²) in [5.41, 5.74) is 1.93. The number of amides is 1. The van der Waals surface area contributed by atoms with Gasteiger partial charge in [0.05, 0.1) is 18.0 Å². The van der Waals surface area contributed by atoms with Crippen molar-refractivity contribution in [3.8, 4) is 0 Å². The lowest BCUT2D eigenvalue weighted by atomic mass is 10.1. The van der Waals surface area contributed by atoms with Crippen molar-refractivity contribution >= 4 is 38.3 Å². The Bertz CT molecular complexity index is 1580. The van der Waals surface area contributed by atoms with Gasteiger partial charge in [0.25, 0.3) is 0 Å². The second-order valence-electron chi connectivity index (χ2n) is 10.8. The third-order valence-corrected chi connectivity index (χ3v) is 9.29. The van der Waals surface area contributed by atoms with Crippen molar-refractivity contribution in [1.29, 1.82) is 0 Å². The highest BCUT2D eigenvalue weighted by Crippen LogP contribution is 2.23. The largest absolute Gasteiger partial charge is 0.382 e. The van der Waals surface area contributed by atoms with E-state index in [1.807, 2.05) is 73.8 Å². The molecule has 224 valence electrons. The van der Waals surface area contributed by atoms with E-state index < -0.39 is 10.0 Å². The third-order valence-electron chi connectivity index (χ3n) is 7.08. The van der Waals surface area contributed by atoms with E-state index in [-0.39, 0.29) is 29.8 Å². The van der Waals surface area contributed by atoms with E-state index in [1.165, 1.54) is 4.31 Å². The number of carbonyl (C=O) groups excluding carboxylic acids is 1. The summed E-state index contributed by atoms with van der Waals surface area (Å²) in [6.07, 6.45) is 2.46. The fourth-order valence-electron chi connectivity index (χ4n) is 4.95. The molecular formula is C33H40ClN3O4S. The summed E-state index contributed by atoms with van der Waals surface area (Å²) in [6.45, 7) is 8.33. The van der Waals surface area contributed by atoms with Crippen LogP contribution in [-0.2, 0) is 32.6 Å². The molecule has 0 aliphatic rings. The first-order valence-corrected chi connectivity index (χ1v) is 16.2. The van der Waals surface area contributed by atoms with Gasteiger partial charge >= 0.3 is 0 Å². The fourth-order valence-corrected chi connectivity index (χ4v) is 6.61. The first-order valence-electron chi connectivity index (χ1n) is 14.4. The molecule has 0 saturated heterocycles. The molecule has 1 aromatic heterocycles. The van der Waals surface area contributed by atoms with Gasteiger partial charge in [0.2, 0.25) is 15.9 Å². The molecule has 0 aliphatic carbocycles. The van der Waals surface area contributed by atoms with Crippen LogP contribution in [0, 0.1) is 5.92 Å². The number of fused-ring (bicyclic) bond motifs is 1. The van der Waals surface area contributed by atoms with Crippen molar-refractivity contribution < 1.29 is 17.9 Å². The normalized spacial score (nSPS) is 12.0. The molecule has 0 unspecified atom stereocenters. The minimum Gasteiger partial charge on any atom is -0.382 e. The van der Waals surface area contributed by atoms with Crippen molar-refractivity contribution in [3.05, 3.63) is 101 Å². The van der Waals surface area contributed by atoms with Gasteiger partial charge in [-0.2, -0.15) is 4.31 Å². The van der Waals surface area contributed by atoms with Crippen LogP contribution in [-0.4, -0.2) is 60.9 Å². The molecule has 3 aromatic carbocycles. The molecule has 0 aliphatic heterocycles. The monoisotopic (exact) mass is 609 g/mol. The van der Waals surface area contributed by atoms with Crippen molar-refractivity contribution in [2.24, 2.45) is 5.92 Å². The quantitative estimate of drug-likeness (QED) is 0.145. The van der Waals surface area contributed by atoms with Gasteiger partial charge in [-0.25, -0.2) is 8.42 Å². The highest BCUT2D eigenvalue weighted by Gasteiger charge is 2.29. The molecular weight excluding hydrogens is 570 g/mol. The number of sulfonamides is 1. The molecule has 0 bridgehead atoms. The van der Waals surface area contributed by atoms with Gasteiger partial charge in [-0.3, -0.25) is 4.79 Å². The maximum Gasteiger partial charge on any atom is 0.243 e. The standard InChI is InChI=1S/C33H40ClN3O4S/c1-4-41-20-10-19-37(42(39,40)31-17-16-27-11-5-6-12-28(27)21-31)25-33(38)36(22-26(2)3)24-30-14-9-18-35(30)23-29-13-7-8-15-32(29)34/h5-9,11-18,21,26H,4,10,19-20,22-25H2,1-3H3. The van der Waals surface area contributed by atoms with Crippen LogP contribution in [0.15, 0.2) is 90.0 Å². The molecule has 4 aromatic rings. The number of hydrogen-bond acceptors (Lipinski definition) is 4. The van der Waals surface area contributed by atoms with Gasteiger partial charge in [0.15, 0.2) is 0 Å². The molecule has 1 heterocycles. The molecule has 0 saturated carbocycles. The van der Waals surface area contributed by atoms with Crippen LogP contribution >= 0.6 is 11.6 Å². The van der Waals surface area contributed by atoms with Crippen LogP contribution in [0.5, 0.6) is 0 Å². The Balaban J connectivity index is 1.58. The number of aromatic nitrogens is 1. The second-order valence-corrected chi connectivity index (χ2v) is 13.1. The summed E-state index contributed by atoms with van der Waals surface area (Å²) < 4.78 is 36.7. The number of benzene rings is 3. The minimum atomic E-state index is -3.94. The van der Waals surface area contributed by atoms with Gasteiger partial charge < -0.3 is 14.2 Å². The van der Waals surface area contributed by atoms with Crippen molar-refractivity contribution in [2.75, 3.05) is 32.8 Å². The average molecular weight is 610 g/mol. The van der Waals surface area contributed by atoms with E-state index in [0.717, 1.165) is 22.0 Å². The van der Waals surface area contributed by atoms with Crippen LogP contribution in [0.4, 0.5) is 0 Å². The van der Waals surface area contributed by atoms with Gasteiger partial charge in [-0.05, 0) is 65.9 Å². The Labute approximate surface area is 254 Å². The number of hydrogen-bond donors (Lipinski definition) is 0. The minimum absolute atomic E-state index is 0.175. The predicted molar refractivity (Wildman–Crippen MR) is 169 cm³/mol. The molecule has 0 spiro atoms. The zero-order valence-corrected chi connectivity index (χ0v) is 26.2. The zero-order valence-electron chi connectivity index (χ0n) is 24.6. The molecule has 0 fully saturated rings. The molecule has 4 rings (SSSR count). The first kappa shape index (κ1) is 31.8. The number of carbonyl (C=O) groups is 1. The van der Waals surface area contributed by atoms with Crippen molar-refractivity contribution in [2.45, 2.75) is 45.2 Å². The number of nitrogens with zero attached hydrogens (tertiary/aromatic N) is 3. The predicted octanol–water partition coefficient (Wildman–Crippen LogP) is 6.45. The lowest BCUT2D eigenvalue weighted by Crippen LogP contribution is -2.44. The van der Waals surface area contributed by atoms with Crippen molar-refractivity contribution in [1.82, 2.24) is 13.8 Å². The molecule has 0 radical (unpaired) electrons. The summed E-state index contributed by atoms with van der Waals surface area (Å²) in [5, 5.41) is 2.48. The lowest BCUT2D eigenvalue weighted by Gasteiger charge is -2.29. The molecule has 0 N–H and O–H groups in total. The van der Waals surface area contributed by atoms with E-state index in [9.17, 15) is 13.2 Å². The third kappa shape index (κ3) is 8.22. The second kappa shape index (κ2) is 14.8. The smallest absolute Gasteiger partial charge is 0.243 e. The SMILES string of the molecule is CCOCCCN(CC(=O)N(Cc1cccn1Cc1ccccc1Cl)CC(C)C)S(=O)(=O)c1ccc2ccccc2c1. The first-order chi connectivity index (χ1) is 20.2. The highest BCUT2D eigenvalue weighted by atomic mass is 35.5. The molecule has 1 amide bonds. The van der Waals surface area contributed by atoms with Gasteiger partial charge in [0, 0.05) is 49.8 Å². The summed E-state index contributed by atoms with van der Waals surface area (Å²) in [4.78, 5) is 15.8.